The summed E-state index contributed by atoms with van der Waals surface area (Å²) in [6, 6.07) is 7.54. The van der Waals surface area contributed by atoms with Crippen LogP contribution in [0, 0.1) is 17.3 Å². The monoisotopic (exact) mass is 335 g/mol. The number of likely N-dealkylation sites (tertiary alicyclic amines) is 1. The quantitative estimate of drug-likeness (QED) is 0.919. The molecule has 3 atom stereocenters. The highest BCUT2D eigenvalue weighted by Gasteiger charge is 2.55. The summed E-state index contributed by atoms with van der Waals surface area (Å²) in [7, 11) is 0. The van der Waals surface area contributed by atoms with Crippen molar-refractivity contribution in [1.82, 2.24) is 4.90 Å². The highest BCUT2D eigenvalue weighted by atomic mass is 35.5. The first-order chi connectivity index (χ1) is 10.9. The van der Waals surface area contributed by atoms with Crippen LogP contribution in [0.1, 0.15) is 31.7 Å². The second-order valence-electron chi connectivity index (χ2n) is 7.00. The number of fused-ring (bicyclic) bond motifs is 1. The molecule has 2 aliphatic rings. The minimum atomic E-state index is -0.738. The van der Waals surface area contributed by atoms with Crippen LogP contribution in [-0.2, 0) is 16.0 Å². The molecule has 1 aromatic rings. The zero-order chi connectivity index (χ0) is 16.6. The second-order valence-corrected chi connectivity index (χ2v) is 7.44. The SMILES string of the molecule is CC(Cc1cccc(Cl)c1)C(=O)N1C[C@@H]2CCC[C@@]2(C(=O)O)C1. The first-order valence-corrected chi connectivity index (χ1v) is 8.57. The van der Waals surface area contributed by atoms with Crippen LogP contribution in [0.2, 0.25) is 5.02 Å². The lowest BCUT2D eigenvalue weighted by Gasteiger charge is -2.25. The molecule has 0 radical (unpaired) electrons. The maximum atomic E-state index is 12.7. The van der Waals surface area contributed by atoms with E-state index in [9.17, 15) is 14.7 Å². The number of rotatable bonds is 4. The summed E-state index contributed by atoms with van der Waals surface area (Å²) in [5.41, 5.74) is 0.330. The number of hydrogen-bond acceptors (Lipinski definition) is 2. The lowest BCUT2D eigenvalue weighted by Crippen LogP contribution is -2.39. The van der Waals surface area contributed by atoms with Crippen molar-refractivity contribution < 1.29 is 14.7 Å². The van der Waals surface area contributed by atoms with Crippen LogP contribution < -0.4 is 0 Å². The predicted octanol–water partition coefficient (Wildman–Crippen LogP) is 3.23. The van der Waals surface area contributed by atoms with Crippen molar-refractivity contribution in [1.29, 1.82) is 0 Å². The topological polar surface area (TPSA) is 57.6 Å². The Morgan fingerprint density at radius 3 is 2.91 bits per heavy atom. The number of halogens is 1. The van der Waals surface area contributed by atoms with Crippen LogP contribution in [0.25, 0.3) is 0 Å². The fourth-order valence-corrected chi connectivity index (χ4v) is 4.44. The number of carbonyl (C=O) groups is 2. The van der Waals surface area contributed by atoms with E-state index >= 15 is 0 Å². The van der Waals surface area contributed by atoms with E-state index in [1.165, 1.54) is 0 Å². The Bertz CT molecular complexity index is 632. The van der Waals surface area contributed by atoms with E-state index in [0.29, 0.717) is 31.0 Å². The molecule has 1 amide bonds. The van der Waals surface area contributed by atoms with Crippen LogP contribution in [0.15, 0.2) is 24.3 Å². The first kappa shape index (κ1) is 16.3. The third-order valence-corrected chi connectivity index (χ3v) is 5.70. The standard InChI is InChI=1S/C18H22ClNO3/c1-12(8-13-4-2-6-15(19)9-13)16(21)20-10-14-5-3-7-18(14,11-20)17(22)23/h2,4,6,9,12,14H,3,5,7-8,10-11H2,1H3,(H,22,23)/t12?,14-,18+/m0/s1. The summed E-state index contributed by atoms with van der Waals surface area (Å²) in [6.07, 6.45) is 3.19. The van der Waals surface area contributed by atoms with Gasteiger partial charge >= 0.3 is 5.97 Å². The Morgan fingerprint density at radius 1 is 1.48 bits per heavy atom. The van der Waals surface area contributed by atoms with Crippen molar-refractivity contribution in [2.75, 3.05) is 13.1 Å². The smallest absolute Gasteiger partial charge is 0.311 e. The summed E-state index contributed by atoms with van der Waals surface area (Å²) >= 11 is 5.99. The molecule has 1 aliphatic heterocycles. The molecule has 1 N–H and O–H groups in total. The van der Waals surface area contributed by atoms with E-state index in [-0.39, 0.29) is 17.7 Å². The average Bonchev–Trinajstić information content (AvgIpc) is 3.04. The number of carboxylic acid groups (broad SMARTS) is 1. The van der Waals surface area contributed by atoms with Crippen molar-refractivity contribution >= 4 is 23.5 Å². The molecule has 23 heavy (non-hydrogen) atoms. The van der Waals surface area contributed by atoms with E-state index in [2.05, 4.69) is 0 Å². The highest BCUT2D eigenvalue weighted by molar-refractivity contribution is 6.30. The fourth-order valence-electron chi connectivity index (χ4n) is 4.22. The van der Waals surface area contributed by atoms with Gasteiger partial charge in [-0.25, -0.2) is 0 Å². The third kappa shape index (κ3) is 2.97. The Hall–Kier alpha value is -1.55. The lowest BCUT2D eigenvalue weighted by atomic mass is 9.81. The molecule has 1 heterocycles. The highest BCUT2D eigenvalue weighted by Crippen LogP contribution is 2.49. The van der Waals surface area contributed by atoms with Crippen molar-refractivity contribution in [3.63, 3.8) is 0 Å². The molecule has 1 unspecified atom stereocenters. The summed E-state index contributed by atoms with van der Waals surface area (Å²) in [4.78, 5) is 26.2. The van der Waals surface area contributed by atoms with Gasteiger partial charge in [-0.3, -0.25) is 9.59 Å². The molecule has 1 saturated heterocycles. The Balaban J connectivity index is 1.68. The molecule has 2 fully saturated rings. The van der Waals surface area contributed by atoms with Gasteiger partial charge in [0, 0.05) is 24.0 Å². The zero-order valence-corrected chi connectivity index (χ0v) is 14.1. The van der Waals surface area contributed by atoms with E-state index in [4.69, 9.17) is 11.6 Å². The molecule has 1 aromatic carbocycles. The maximum Gasteiger partial charge on any atom is 0.311 e. The van der Waals surface area contributed by atoms with Gasteiger partial charge in [-0.2, -0.15) is 0 Å². The van der Waals surface area contributed by atoms with Crippen LogP contribution >= 0.6 is 11.6 Å². The number of carboxylic acids is 1. The van der Waals surface area contributed by atoms with Gasteiger partial charge in [-0.1, -0.05) is 37.1 Å². The molecule has 1 aliphatic carbocycles. The van der Waals surface area contributed by atoms with E-state index in [0.717, 1.165) is 18.4 Å². The van der Waals surface area contributed by atoms with Gasteiger partial charge in [0.1, 0.15) is 0 Å². The van der Waals surface area contributed by atoms with Gasteiger partial charge in [0.05, 0.1) is 5.41 Å². The van der Waals surface area contributed by atoms with Crippen molar-refractivity contribution in [2.24, 2.45) is 17.3 Å². The van der Waals surface area contributed by atoms with Crippen LogP contribution in [0.3, 0.4) is 0 Å². The van der Waals surface area contributed by atoms with Gasteiger partial charge in [-0.05, 0) is 42.9 Å². The molecular formula is C18H22ClNO3. The Kier molecular flexibility index (Phi) is 4.37. The van der Waals surface area contributed by atoms with Crippen molar-refractivity contribution in [2.45, 2.75) is 32.6 Å². The van der Waals surface area contributed by atoms with Gasteiger partial charge in [-0.15, -0.1) is 0 Å². The van der Waals surface area contributed by atoms with Crippen LogP contribution in [0.4, 0.5) is 0 Å². The third-order valence-electron chi connectivity index (χ3n) is 5.46. The molecule has 0 spiro atoms. The normalized spacial score (nSPS) is 27.7. The van der Waals surface area contributed by atoms with Crippen molar-refractivity contribution in [3.8, 4) is 0 Å². The van der Waals surface area contributed by atoms with E-state index in [1.807, 2.05) is 31.2 Å². The van der Waals surface area contributed by atoms with Gasteiger partial charge in [0.25, 0.3) is 0 Å². The van der Waals surface area contributed by atoms with Crippen LogP contribution in [0.5, 0.6) is 0 Å². The Labute approximate surface area is 141 Å². The molecular weight excluding hydrogens is 314 g/mol. The number of hydrogen-bond donors (Lipinski definition) is 1. The van der Waals surface area contributed by atoms with Gasteiger partial charge in [0.15, 0.2) is 0 Å². The molecule has 0 aromatic heterocycles. The summed E-state index contributed by atoms with van der Waals surface area (Å²) in [5, 5.41) is 10.3. The second kappa shape index (κ2) is 6.16. The predicted molar refractivity (Wildman–Crippen MR) is 88.3 cm³/mol. The number of amides is 1. The largest absolute Gasteiger partial charge is 0.481 e. The first-order valence-electron chi connectivity index (χ1n) is 8.19. The summed E-state index contributed by atoms with van der Waals surface area (Å²) in [5.74, 6) is -0.738. The zero-order valence-electron chi connectivity index (χ0n) is 13.3. The van der Waals surface area contributed by atoms with Crippen molar-refractivity contribution in [3.05, 3.63) is 34.9 Å². The minimum absolute atomic E-state index is 0.0556. The van der Waals surface area contributed by atoms with E-state index in [1.54, 1.807) is 4.90 Å². The summed E-state index contributed by atoms with van der Waals surface area (Å²) < 4.78 is 0. The molecule has 124 valence electrons. The molecule has 3 rings (SSSR count). The molecule has 4 nitrogen and oxygen atoms in total. The number of nitrogens with zero attached hydrogens (tertiary/aromatic N) is 1. The van der Waals surface area contributed by atoms with Crippen LogP contribution in [-0.4, -0.2) is 35.0 Å². The van der Waals surface area contributed by atoms with Gasteiger partial charge in [0.2, 0.25) is 5.91 Å². The lowest BCUT2D eigenvalue weighted by molar-refractivity contribution is -0.149. The number of benzene rings is 1. The summed E-state index contributed by atoms with van der Waals surface area (Å²) in [6.45, 7) is 2.86. The minimum Gasteiger partial charge on any atom is -0.481 e. The Morgan fingerprint density at radius 2 is 2.26 bits per heavy atom. The average molecular weight is 336 g/mol. The fraction of sp³-hybridized carbons (Fsp3) is 0.556. The molecule has 1 saturated carbocycles. The van der Waals surface area contributed by atoms with E-state index < -0.39 is 11.4 Å². The number of aliphatic carboxylic acids is 1. The maximum absolute atomic E-state index is 12.7. The molecule has 5 heteroatoms. The van der Waals surface area contributed by atoms with Gasteiger partial charge < -0.3 is 10.0 Å². The molecule has 0 bridgehead atoms. The number of carbonyl (C=O) groups excluding carboxylic acids is 1.